The summed E-state index contributed by atoms with van der Waals surface area (Å²) in [5.41, 5.74) is 2.31. The molecule has 21 heavy (non-hydrogen) atoms. The van der Waals surface area contributed by atoms with E-state index >= 15 is 0 Å². The molecular formula is C17H19BrFNO. The molecule has 1 N–H and O–H groups in total. The summed E-state index contributed by atoms with van der Waals surface area (Å²) in [6.45, 7) is 4.45. The second-order valence-electron chi connectivity index (χ2n) is 4.86. The van der Waals surface area contributed by atoms with Crippen LogP contribution in [0.4, 0.5) is 4.39 Å². The zero-order valence-corrected chi connectivity index (χ0v) is 13.6. The average Bonchev–Trinajstić information content (AvgIpc) is 2.49. The maximum absolute atomic E-state index is 13.4. The zero-order valence-electron chi connectivity index (χ0n) is 12.0. The van der Waals surface area contributed by atoms with Gasteiger partial charge < -0.3 is 10.1 Å². The van der Waals surface area contributed by atoms with Gasteiger partial charge in [0.1, 0.15) is 18.2 Å². The first-order valence-corrected chi connectivity index (χ1v) is 7.84. The lowest BCUT2D eigenvalue weighted by molar-refractivity contribution is 0.304. The Morgan fingerprint density at radius 2 is 1.95 bits per heavy atom. The molecule has 0 fully saturated rings. The van der Waals surface area contributed by atoms with Gasteiger partial charge in [0.2, 0.25) is 0 Å². The summed E-state index contributed by atoms with van der Waals surface area (Å²) in [4.78, 5) is 0. The van der Waals surface area contributed by atoms with E-state index < -0.39 is 0 Å². The van der Waals surface area contributed by atoms with Gasteiger partial charge in [-0.2, -0.15) is 0 Å². The molecule has 112 valence electrons. The third-order valence-electron chi connectivity index (χ3n) is 3.04. The monoisotopic (exact) mass is 351 g/mol. The third kappa shape index (κ3) is 5.14. The minimum Gasteiger partial charge on any atom is -0.489 e. The summed E-state index contributed by atoms with van der Waals surface area (Å²) in [5.74, 6) is 0.218. The fraction of sp³-hybridized carbons (Fsp3) is 0.294. The minimum atomic E-state index is -0.315. The Kier molecular flexibility index (Phi) is 6.21. The molecule has 2 nitrogen and oxygen atoms in total. The summed E-state index contributed by atoms with van der Waals surface area (Å²) >= 11 is 3.13. The number of benzene rings is 2. The van der Waals surface area contributed by atoms with Crippen LogP contribution in [-0.2, 0) is 13.2 Å². The van der Waals surface area contributed by atoms with Gasteiger partial charge in [-0.15, -0.1) is 0 Å². The predicted octanol–water partition coefficient (Wildman–Crippen LogP) is 4.67. The molecular weight excluding hydrogens is 333 g/mol. The van der Waals surface area contributed by atoms with Crippen molar-refractivity contribution in [1.29, 1.82) is 0 Å². The van der Waals surface area contributed by atoms with Crippen molar-refractivity contribution in [3.05, 3.63) is 63.9 Å². The zero-order chi connectivity index (χ0) is 15.1. The minimum absolute atomic E-state index is 0.315. The van der Waals surface area contributed by atoms with Crippen molar-refractivity contribution in [3.8, 4) is 5.75 Å². The van der Waals surface area contributed by atoms with Crippen molar-refractivity contribution in [1.82, 2.24) is 5.32 Å². The van der Waals surface area contributed by atoms with E-state index in [1.165, 1.54) is 11.6 Å². The molecule has 0 saturated heterocycles. The highest BCUT2D eigenvalue weighted by atomic mass is 79.9. The molecule has 0 saturated carbocycles. The van der Waals surface area contributed by atoms with Crippen molar-refractivity contribution in [2.45, 2.75) is 26.5 Å². The third-order valence-corrected chi connectivity index (χ3v) is 3.69. The number of hydrogen-bond donors (Lipinski definition) is 1. The number of rotatable bonds is 7. The molecule has 2 aromatic rings. The Hall–Kier alpha value is -1.39. The van der Waals surface area contributed by atoms with Crippen LogP contribution in [0, 0.1) is 5.82 Å². The summed E-state index contributed by atoms with van der Waals surface area (Å²) in [6.07, 6.45) is 1.12. The molecule has 4 heteroatoms. The van der Waals surface area contributed by atoms with E-state index in [0.717, 1.165) is 25.1 Å². The fourth-order valence-corrected chi connectivity index (χ4v) is 2.22. The molecule has 0 aliphatic heterocycles. The first kappa shape index (κ1) is 16.0. The molecule has 0 spiro atoms. The molecule has 0 aromatic heterocycles. The van der Waals surface area contributed by atoms with Crippen molar-refractivity contribution >= 4 is 15.9 Å². The Morgan fingerprint density at radius 1 is 1.14 bits per heavy atom. The smallest absolute Gasteiger partial charge is 0.141 e. The van der Waals surface area contributed by atoms with Gasteiger partial charge in [0.05, 0.1) is 4.47 Å². The van der Waals surface area contributed by atoms with Gasteiger partial charge in [-0.3, -0.25) is 0 Å². The molecule has 0 heterocycles. The van der Waals surface area contributed by atoms with Crippen molar-refractivity contribution in [2.24, 2.45) is 0 Å². The van der Waals surface area contributed by atoms with Gasteiger partial charge in [-0.05, 0) is 52.2 Å². The lowest BCUT2D eigenvalue weighted by atomic mass is 10.1. The molecule has 0 aliphatic carbocycles. The van der Waals surface area contributed by atoms with Crippen LogP contribution >= 0.6 is 15.9 Å². The van der Waals surface area contributed by atoms with Gasteiger partial charge in [0, 0.05) is 12.6 Å². The maximum Gasteiger partial charge on any atom is 0.141 e. The van der Waals surface area contributed by atoms with Crippen molar-refractivity contribution < 1.29 is 9.13 Å². The Bertz CT molecular complexity index is 589. The van der Waals surface area contributed by atoms with Crippen LogP contribution < -0.4 is 10.1 Å². The van der Waals surface area contributed by atoms with Crippen LogP contribution in [0.1, 0.15) is 24.5 Å². The normalized spacial score (nSPS) is 10.6. The highest BCUT2D eigenvalue weighted by molar-refractivity contribution is 9.10. The summed E-state index contributed by atoms with van der Waals surface area (Å²) in [6, 6.07) is 13.0. The molecule has 0 atom stereocenters. The quantitative estimate of drug-likeness (QED) is 0.732. The summed E-state index contributed by atoms with van der Waals surface area (Å²) < 4.78 is 19.5. The highest BCUT2D eigenvalue weighted by Crippen LogP contribution is 2.21. The van der Waals surface area contributed by atoms with Crippen LogP contribution in [-0.4, -0.2) is 6.54 Å². The predicted molar refractivity (Wildman–Crippen MR) is 86.9 cm³/mol. The Balaban J connectivity index is 1.93. The topological polar surface area (TPSA) is 21.3 Å². The van der Waals surface area contributed by atoms with E-state index in [9.17, 15) is 4.39 Å². The summed E-state index contributed by atoms with van der Waals surface area (Å²) in [7, 11) is 0. The van der Waals surface area contributed by atoms with E-state index in [-0.39, 0.29) is 5.82 Å². The molecule has 0 unspecified atom stereocenters. The molecule has 0 aliphatic rings. The molecule has 0 amide bonds. The molecule has 0 radical (unpaired) electrons. The van der Waals surface area contributed by atoms with Crippen LogP contribution in [0.2, 0.25) is 0 Å². The van der Waals surface area contributed by atoms with Gasteiger partial charge in [-0.1, -0.05) is 31.2 Å². The standard InChI is InChI=1S/C17H19BrFNO/c1-2-8-20-11-13-4-3-5-14(9-13)12-21-15-6-7-16(18)17(19)10-15/h3-7,9-10,20H,2,8,11-12H2,1H3. The van der Waals surface area contributed by atoms with E-state index in [1.807, 2.05) is 12.1 Å². The maximum atomic E-state index is 13.4. The van der Waals surface area contributed by atoms with Crippen LogP contribution in [0.3, 0.4) is 0 Å². The van der Waals surface area contributed by atoms with E-state index in [1.54, 1.807) is 12.1 Å². The lowest BCUT2D eigenvalue weighted by Crippen LogP contribution is -2.13. The van der Waals surface area contributed by atoms with Crippen LogP contribution in [0.15, 0.2) is 46.9 Å². The highest BCUT2D eigenvalue weighted by Gasteiger charge is 2.02. The Labute approximate surface area is 133 Å². The molecule has 2 rings (SSSR count). The van der Waals surface area contributed by atoms with Crippen LogP contribution in [0.5, 0.6) is 5.75 Å². The summed E-state index contributed by atoms with van der Waals surface area (Å²) in [5, 5.41) is 3.37. The lowest BCUT2D eigenvalue weighted by Gasteiger charge is -2.09. The first-order valence-electron chi connectivity index (χ1n) is 7.05. The van der Waals surface area contributed by atoms with Gasteiger partial charge in [-0.25, -0.2) is 4.39 Å². The molecule has 2 aromatic carbocycles. The second kappa shape index (κ2) is 8.15. The van der Waals surface area contributed by atoms with Gasteiger partial charge >= 0.3 is 0 Å². The number of halogens is 2. The average molecular weight is 352 g/mol. The largest absolute Gasteiger partial charge is 0.489 e. The Morgan fingerprint density at radius 3 is 2.71 bits per heavy atom. The van der Waals surface area contributed by atoms with E-state index in [2.05, 4.69) is 40.3 Å². The van der Waals surface area contributed by atoms with E-state index in [4.69, 9.17) is 4.74 Å². The first-order chi connectivity index (χ1) is 10.2. The second-order valence-corrected chi connectivity index (χ2v) is 5.72. The number of hydrogen-bond acceptors (Lipinski definition) is 2. The fourth-order valence-electron chi connectivity index (χ4n) is 1.97. The van der Waals surface area contributed by atoms with Crippen molar-refractivity contribution in [2.75, 3.05) is 6.54 Å². The van der Waals surface area contributed by atoms with Crippen molar-refractivity contribution in [3.63, 3.8) is 0 Å². The van der Waals surface area contributed by atoms with Gasteiger partial charge in [0.15, 0.2) is 0 Å². The number of ether oxygens (including phenoxy) is 1. The number of nitrogens with one attached hydrogen (secondary N) is 1. The van der Waals surface area contributed by atoms with Gasteiger partial charge in [0.25, 0.3) is 0 Å². The van der Waals surface area contributed by atoms with E-state index in [0.29, 0.717) is 16.8 Å². The van der Waals surface area contributed by atoms with Crippen LogP contribution in [0.25, 0.3) is 0 Å². The molecule has 0 bridgehead atoms. The SMILES string of the molecule is CCCNCc1cccc(COc2ccc(Br)c(F)c2)c1.